The van der Waals surface area contributed by atoms with Gasteiger partial charge in [-0.25, -0.2) is 4.57 Å². The van der Waals surface area contributed by atoms with Crippen molar-refractivity contribution >= 4 is 13.8 Å². The highest BCUT2D eigenvalue weighted by molar-refractivity contribution is 7.47. The second kappa shape index (κ2) is 42.0. The Hall–Kier alpha value is -1.58. The van der Waals surface area contributed by atoms with Gasteiger partial charge in [-0.15, -0.1) is 0 Å². The van der Waals surface area contributed by atoms with Crippen LogP contribution >= 0.6 is 7.82 Å². The number of ether oxygens (including phenoxy) is 2. The van der Waals surface area contributed by atoms with Crippen molar-refractivity contribution in [2.75, 3.05) is 33.0 Å². The van der Waals surface area contributed by atoms with Crippen LogP contribution in [0.25, 0.3) is 0 Å². The maximum Gasteiger partial charge on any atom is 0.472 e. The molecule has 0 saturated carbocycles. The fraction of sp³-hybridized carbons (Fsp3) is 0.800. The van der Waals surface area contributed by atoms with Gasteiger partial charge in [0.1, 0.15) is 12.2 Å². The predicted molar refractivity (Wildman–Crippen MR) is 228 cm³/mol. The molecule has 3 N–H and O–H groups in total. The number of aliphatic hydroxyl groups is 2. The van der Waals surface area contributed by atoms with Crippen LogP contribution in [0.2, 0.25) is 0 Å². The van der Waals surface area contributed by atoms with Crippen LogP contribution in [-0.4, -0.2) is 66.3 Å². The van der Waals surface area contributed by atoms with Crippen LogP contribution < -0.4 is 0 Å². The van der Waals surface area contributed by atoms with E-state index in [1.54, 1.807) is 0 Å². The molecule has 0 aliphatic rings. The summed E-state index contributed by atoms with van der Waals surface area (Å²) in [4.78, 5) is 22.6. The standard InChI is InChI=1S/C45H83O9P/c1-3-5-7-9-11-13-15-17-19-20-21-22-23-25-27-29-31-33-35-37-45(48)54-44(42-53-55(49,50)52-40-43(47)39-46)41-51-38-36-34-32-30-28-26-24-18-16-14-12-10-8-6-4-2/h10-13,16-19,43-44,46-47H,3-9,14-15,20-42H2,1-2H3,(H,49,50)/b12-10-,13-11-,18-16-,19-17-. The fourth-order valence-corrected chi connectivity index (χ4v) is 6.60. The number of rotatable bonds is 42. The smallest absolute Gasteiger partial charge is 0.457 e. The van der Waals surface area contributed by atoms with Crippen molar-refractivity contribution in [1.29, 1.82) is 0 Å². The Bertz CT molecular complexity index is 997. The average Bonchev–Trinajstić information content (AvgIpc) is 3.18. The molecule has 0 fully saturated rings. The lowest BCUT2D eigenvalue weighted by atomic mass is 10.1. The molecule has 3 atom stereocenters. The van der Waals surface area contributed by atoms with E-state index in [1.165, 1.54) is 96.3 Å². The first-order valence-electron chi connectivity index (χ1n) is 22.1. The minimum atomic E-state index is -4.52. The summed E-state index contributed by atoms with van der Waals surface area (Å²) in [5, 5.41) is 18.3. The average molecular weight is 799 g/mol. The van der Waals surface area contributed by atoms with Crippen molar-refractivity contribution in [3.63, 3.8) is 0 Å². The number of allylic oxidation sites excluding steroid dienone is 8. The maximum absolute atomic E-state index is 12.6. The number of esters is 1. The van der Waals surface area contributed by atoms with Crippen LogP contribution in [0.1, 0.15) is 187 Å². The molecule has 0 spiro atoms. The quantitative estimate of drug-likeness (QED) is 0.0239. The maximum atomic E-state index is 12.6. The van der Waals surface area contributed by atoms with Crippen LogP contribution in [0.5, 0.6) is 0 Å². The molecule has 0 aromatic heterocycles. The summed E-state index contributed by atoms with van der Waals surface area (Å²) in [5.41, 5.74) is 0. The Balaban J connectivity index is 4.18. The van der Waals surface area contributed by atoms with Crippen molar-refractivity contribution < 1.29 is 43.0 Å². The number of carbonyl (C=O) groups is 1. The second-order valence-electron chi connectivity index (χ2n) is 14.7. The van der Waals surface area contributed by atoms with Crippen molar-refractivity contribution in [2.24, 2.45) is 0 Å². The molecule has 0 aliphatic heterocycles. The Kier molecular flexibility index (Phi) is 40.8. The van der Waals surface area contributed by atoms with Crippen molar-refractivity contribution in [1.82, 2.24) is 0 Å². The number of phosphoric ester groups is 1. The van der Waals surface area contributed by atoms with E-state index in [9.17, 15) is 19.4 Å². The van der Waals surface area contributed by atoms with E-state index in [-0.39, 0.29) is 19.6 Å². The van der Waals surface area contributed by atoms with Crippen molar-refractivity contribution in [3.8, 4) is 0 Å². The van der Waals surface area contributed by atoms with E-state index < -0.39 is 39.2 Å². The molecule has 0 amide bonds. The van der Waals surface area contributed by atoms with Crippen LogP contribution in [0.15, 0.2) is 48.6 Å². The van der Waals surface area contributed by atoms with Gasteiger partial charge in [0, 0.05) is 13.0 Å². The number of carbonyl (C=O) groups excluding carboxylic acids is 1. The van der Waals surface area contributed by atoms with Crippen LogP contribution in [0, 0.1) is 0 Å². The molecule has 0 saturated heterocycles. The van der Waals surface area contributed by atoms with Gasteiger partial charge in [-0.05, 0) is 70.6 Å². The molecule has 0 aliphatic carbocycles. The lowest BCUT2D eigenvalue weighted by molar-refractivity contribution is -0.154. The Morgan fingerprint density at radius 3 is 1.51 bits per heavy atom. The molecule has 3 unspecified atom stereocenters. The highest BCUT2D eigenvalue weighted by atomic mass is 31.2. The molecular weight excluding hydrogens is 715 g/mol. The van der Waals surface area contributed by atoms with E-state index in [0.717, 1.165) is 70.6 Å². The molecular formula is C45H83O9P. The molecule has 0 heterocycles. The Morgan fingerprint density at radius 1 is 0.564 bits per heavy atom. The van der Waals surface area contributed by atoms with E-state index in [2.05, 4.69) is 62.5 Å². The monoisotopic (exact) mass is 799 g/mol. The SMILES string of the molecule is CCCC/C=C\C/C=C\CCCCCCCCOCC(COP(=O)(O)OCC(O)CO)OC(=O)CCCCCCCCCCC/C=C\C/C=C\CCCCC. The third-order valence-electron chi connectivity index (χ3n) is 9.24. The molecule has 9 nitrogen and oxygen atoms in total. The molecule has 0 radical (unpaired) electrons. The van der Waals surface area contributed by atoms with Gasteiger partial charge < -0.3 is 24.6 Å². The van der Waals surface area contributed by atoms with Gasteiger partial charge in [0.25, 0.3) is 0 Å². The van der Waals surface area contributed by atoms with Gasteiger partial charge in [0.15, 0.2) is 0 Å². The molecule has 0 aromatic rings. The van der Waals surface area contributed by atoms with E-state index in [0.29, 0.717) is 6.61 Å². The third kappa shape index (κ3) is 41.9. The molecule has 10 heteroatoms. The number of phosphoric acid groups is 1. The summed E-state index contributed by atoms with van der Waals surface area (Å²) in [6.07, 6.45) is 46.3. The van der Waals surface area contributed by atoms with Crippen LogP contribution in [-0.2, 0) is 27.9 Å². The lowest BCUT2D eigenvalue weighted by Gasteiger charge is -2.20. The zero-order valence-corrected chi connectivity index (χ0v) is 36.0. The zero-order valence-electron chi connectivity index (χ0n) is 35.1. The molecule has 322 valence electrons. The number of hydrogen-bond donors (Lipinski definition) is 3. The topological polar surface area (TPSA) is 132 Å². The summed E-state index contributed by atoms with van der Waals surface area (Å²) < 4.78 is 33.4. The number of aliphatic hydroxyl groups excluding tert-OH is 2. The number of hydrogen-bond acceptors (Lipinski definition) is 8. The predicted octanol–water partition coefficient (Wildman–Crippen LogP) is 12.2. The first-order chi connectivity index (χ1) is 26.8. The molecule has 0 rings (SSSR count). The highest BCUT2D eigenvalue weighted by Crippen LogP contribution is 2.43. The summed E-state index contributed by atoms with van der Waals surface area (Å²) in [6, 6.07) is 0. The summed E-state index contributed by atoms with van der Waals surface area (Å²) in [5.74, 6) is -0.392. The number of unbranched alkanes of at least 4 members (excludes halogenated alkanes) is 20. The second-order valence-corrected chi connectivity index (χ2v) is 16.2. The van der Waals surface area contributed by atoms with Gasteiger partial charge in [-0.3, -0.25) is 13.8 Å². The minimum Gasteiger partial charge on any atom is -0.457 e. The summed E-state index contributed by atoms with van der Waals surface area (Å²) in [6.45, 7) is 3.43. The van der Waals surface area contributed by atoms with Gasteiger partial charge in [0.05, 0.1) is 26.4 Å². The lowest BCUT2D eigenvalue weighted by Crippen LogP contribution is -2.29. The van der Waals surface area contributed by atoms with Gasteiger partial charge >= 0.3 is 13.8 Å². The van der Waals surface area contributed by atoms with E-state index in [1.807, 2.05) is 0 Å². The van der Waals surface area contributed by atoms with Crippen LogP contribution in [0.4, 0.5) is 0 Å². The zero-order chi connectivity index (χ0) is 40.3. The highest BCUT2D eigenvalue weighted by Gasteiger charge is 2.26. The summed E-state index contributed by atoms with van der Waals surface area (Å²) in [7, 11) is -4.52. The van der Waals surface area contributed by atoms with Crippen molar-refractivity contribution in [2.45, 2.75) is 199 Å². The third-order valence-corrected chi connectivity index (χ3v) is 10.2. The Labute approximate surface area is 337 Å². The molecule has 0 bridgehead atoms. The largest absolute Gasteiger partial charge is 0.472 e. The first kappa shape index (κ1) is 53.4. The summed E-state index contributed by atoms with van der Waals surface area (Å²) >= 11 is 0. The van der Waals surface area contributed by atoms with Crippen LogP contribution in [0.3, 0.4) is 0 Å². The van der Waals surface area contributed by atoms with Gasteiger partial charge in [-0.1, -0.05) is 159 Å². The van der Waals surface area contributed by atoms with Gasteiger partial charge in [0.2, 0.25) is 0 Å². The van der Waals surface area contributed by atoms with Gasteiger partial charge in [-0.2, -0.15) is 0 Å². The normalized spacial score (nSPS) is 14.5. The molecule has 0 aromatic carbocycles. The van der Waals surface area contributed by atoms with E-state index >= 15 is 0 Å². The minimum absolute atomic E-state index is 0.0396. The molecule has 55 heavy (non-hydrogen) atoms. The first-order valence-corrected chi connectivity index (χ1v) is 23.6. The fourth-order valence-electron chi connectivity index (χ4n) is 5.81. The Morgan fingerprint density at radius 2 is 1.00 bits per heavy atom. The van der Waals surface area contributed by atoms with E-state index in [4.69, 9.17) is 23.6 Å². The van der Waals surface area contributed by atoms with Crippen molar-refractivity contribution in [3.05, 3.63) is 48.6 Å².